The van der Waals surface area contributed by atoms with Crippen LogP contribution in [0.1, 0.15) is 18.7 Å². The molecule has 0 aromatic carbocycles. The lowest BCUT2D eigenvalue weighted by Gasteiger charge is -2.22. The summed E-state index contributed by atoms with van der Waals surface area (Å²) in [5.41, 5.74) is 0.675. The number of rotatable bonds is 6. The number of hydrogen-bond donors (Lipinski definition) is 2. The number of likely N-dealkylation sites (N-methyl/N-ethyl adjacent to an activating group) is 1. The van der Waals surface area contributed by atoms with E-state index in [9.17, 15) is 4.79 Å². The monoisotopic (exact) mass is 291 g/mol. The number of nitrogens with one attached hydrogen (secondary N) is 2. The standard InChI is InChI=1S/C14H21N5O2/c1-4-19-10-11(8-16-19)17-14(20)15-9-12(18(2)3)13-6-5-7-21-13/h5-8,10,12H,4,9H2,1-3H3,(H2,15,17,20)/t12-/m1/s1. The summed E-state index contributed by atoms with van der Waals surface area (Å²) >= 11 is 0. The lowest BCUT2D eigenvalue weighted by molar-refractivity contribution is 0.233. The van der Waals surface area contributed by atoms with Gasteiger partial charge in [-0.15, -0.1) is 0 Å². The molecule has 7 heteroatoms. The highest BCUT2D eigenvalue weighted by molar-refractivity contribution is 5.88. The van der Waals surface area contributed by atoms with Crippen molar-refractivity contribution < 1.29 is 9.21 Å². The SMILES string of the molecule is CCn1cc(NC(=O)NC[C@H](c2ccco2)N(C)C)cn1. The Hall–Kier alpha value is -2.28. The molecule has 0 aliphatic rings. The molecule has 2 amide bonds. The molecule has 21 heavy (non-hydrogen) atoms. The molecule has 0 spiro atoms. The molecule has 2 heterocycles. The van der Waals surface area contributed by atoms with Gasteiger partial charge in [0.1, 0.15) is 5.76 Å². The Bertz CT molecular complexity index is 562. The zero-order valence-corrected chi connectivity index (χ0v) is 12.5. The minimum atomic E-state index is -0.260. The van der Waals surface area contributed by atoms with Gasteiger partial charge in [0.2, 0.25) is 0 Å². The van der Waals surface area contributed by atoms with Crippen LogP contribution in [0.5, 0.6) is 0 Å². The van der Waals surface area contributed by atoms with Crippen molar-refractivity contribution in [2.45, 2.75) is 19.5 Å². The lowest BCUT2D eigenvalue weighted by atomic mass is 10.2. The first-order valence-corrected chi connectivity index (χ1v) is 6.87. The topological polar surface area (TPSA) is 75.3 Å². The zero-order chi connectivity index (χ0) is 15.2. The summed E-state index contributed by atoms with van der Waals surface area (Å²) in [4.78, 5) is 13.9. The third-order valence-electron chi connectivity index (χ3n) is 3.17. The van der Waals surface area contributed by atoms with Gasteiger partial charge in [-0.2, -0.15) is 5.10 Å². The van der Waals surface area contributed by atoms with Crippen LogP contribution in [0.15, 0.2) is 35.2 Å². The second-order valence-electron chi connectivity index (χ2n) is 4.91. The van der Waals surface area contributed by atoms with Crippen molar-refractivity contribution in [3.8, 4) is 0 Å². The van der Waals surface area contributed by atoms with Crippen molar-refractivity contribution >= 4 is 11.7 Å². The van der Waals surface area contributed by atoms with Crippen LogP contribution in [-0.4, -0.2) is 41.4 Å². The molecular formula is C14H21N5O2. The van der Waals surface area contributed by atoms with Crippen LogP contribution in [0.4, 0.5) is 10.5 Å². The molecule has 7 nitrogen and oxygen atoms in total. The third-order valence-corrected chi connectivity index (χ3v) is 3.17. The van der Waals surface area contributed by atoms with Crippen LogP contribution < -0.4 is 10.6 Å². The maximum Gasteiger partial charge on any atom is 0.319 e. The Morgan fingerprint density at radius 2 is 2.33 bits per heavy atom. The molecule has 1 atom stereocenters. The summed E-state index contributed by atoms with van der Waals surface area (Å²) < 4.78 is 7.15. The smallest absolute Gasteiger partial charge is 0.319 e. The fraction of sp³-hybridized carbons (Fsp3) is 0.429. The molecule has 114 valence electrons. The second kappa shape index (κ2) is 6.94. The molecule has 0 fully saturated rings. The molecule has 0 aliphatic carbocycles. The van der Waals surface area contributed by atoms with Crippen LogP contribution in [0.2, 0.25) is 0 Å². The second-order valence-corrected chi connectivity index (χ2v) is 4.91. The summed E-state index contributed by atoms with van der Waals surface area (Å²) in [6.45, 7) is 3.21. The number of amides is 2. The first-order chi connectivity index (χ1) is 10.1. The first kappa shape index (κ1) is 15.1. The number of anilines is 1. The fourth-order valence-electron chi connectivity index (χ4n) is 1.98. The Morgan fingerprint density at radius 3 is 2.90 bits per heavy atom. The number of furan rings is 1. The fourth-order valence-corrected chi connectivity index (χ4v) is 1.98. The van der Waals surface area contributed by atoms with Gasteiger partial charge in [-0.3, -0.25) is 9.58 Å². The Balaban J connectivity index is 1.87. The number of carbonyl (C=O) groups is 1. The molecular weight excluding hydrogens is 270 g/mol. The highest BCUT2D eigenvalue weighted by Crippen LogP contribution is 2.17. The summed E-state index contributed by atoms with van der Waals surface area (Å²) in [5.74, 6) is 0.819. The molecule has 0 saturated carbocycles. The zero-order valence-electron chi connectivity index (χ0n) is 12.5. The van der Waals surface area contributed by atoms with E-state index in [-0.39, 0.29) is 12.1 Å². The van der Waals surface area contributed by atoms with E-state index in [0.717, 1.165) is 12.3 Å². The van der Waals surface area contributed by atoms with E-state index < -0.39 is 0 Å². The molecule has 0 aliphatic heterocycles. The molecule has 0 unspecified atom stereocenters. The Kier molecular flexibility index (Phi) is 4.99. The van der Waals surface area contributed by atoms with Crippen molar-refractivity contribution in [2.24, 2.45) is 0 Å². The maximum absolute atomic E-state index is 11.9. The minimum Gasteiger partial charge on any atom is -0.468 e. The van der Waals surface area contributed by atoms with Gasteiger partial charge in [0.25, 0.3) is 0 Å². The van der Waals surface area contributed by atoms with Gasteiger partial charge in [0.05, 0.1) is 24.2 Å². The lowest BCUT2D eigenvalue weighted by Crippen LogP contribution is -2.36. The number of nitrogens with zero attached hydrogens (tertiary/aromatic N) is 3. The van der Waals surface area contributed by atoms with Gasteiger partial charge >= 0.3 is 6.03 Å². The van der Waals surface area contributed by atoms with E-state index in [1.165, 1.54) is 0 Å². The third kappa shape index (κ3) is 4.09. The molecule has 0 radical (unpaired) electrons. The van der Waals surface area contributed by atoms with Crippen molar-refractivity contribution in [2.75, 3.05) is 26.0 Å². The normalized spacial score (nSPS) is 12.4. The number of hydrogen-bond acceptors (Lipinski definition) is 4. The van der Waals surface area contributed by atoms with Crippen molar-refractivity contribution in [1.82, 2.24) is 20.0 Å². The number of carbonyl (C=O) groups excluding carboxylic acids is 1. The summed E-state index contributed by atoms with van der Waals surface area (Å²) in [7, 11) is 3.89. The quantitative estimate of drug-likeness (QED) is 0.852. The van der Waals surface area contributed by atoms with Gasteiger partial charge in [-0.1, -0.05) is 0 Å². The van der Waals surface area contributed by atoms with E-state index in [1.807, 2.05) is 38.1 Å². The van der Waals surface area contributed by atoms with Gasteiger partial charge in [0.15, 0.2) is 0 Å². The number of urea groups is 1. The minimum absolute atomic E-state index is 0.0101. The number of aromatic nitrogens is 2. The van der Waals surface area contributed by atoms with Crippen molar-refractivity contribution in [3.63, 3.8) is 0 Å². The van der Waals surface area contributed by atoms with E-state index in [1.54, 1.807) is 23.3 Å². The van der Waals surface area contributed by atoms with Gasteiger partial charge in [-0.05, 0) is 33.2 Å². The average Bonchev–Trinajstić information content (AvgIpc) is 3.10. The summed E-state index contributed by atoms with van der Waals surface area (Å²) in [6.07, 6.45) is 5.04. The largest absolute Gasteiger partial charge is 0.468 e. The van der Waals surface area contributed by atoms with Gasteiger partial charge in [0, 0.05) is 19.3 Å². The van der Waals surface area contributed by atoms with Crippen LogP contribution in [0.3, 0.4) is 0 Å². The predicted octanol–water partition coefficient (Wildman–Crippen LogP) is 1.92. The van der Waals surface area contributed by atoms with Crippen LogP contribution >= 0.6 is 0 Å². The first-order valence-electron chi connectivity index (χ1n) is 6.87. The summed E-state index contributed by atoms with van der Waals surface area (Å²) in [6, 6.07) is 3.47. The van der Waals surface area contributed by atoms with E-state index >= 15 is 0 Å². The Morgan fingerprint density at radius 1 is 1.52 bits per heavy atom. The summed E-state index contributed by atoms with van der Waals surface area (Å²) in [5, 5.41) is 9.70. The highest BCUT2D eigenvalue weighted by atomic mass is 16.3. The molecule has 2 aromatic rings. The predicted molar refractivity (Wildman–Crippen MR) is 80.1 cm³/mol. The van der Waals surface area contributed by atoms with Crippen molar-refractivity contribution in [1.29, 1.82) is 0 Å². The van der Waals surface area contributed by atoms with E-state index in [0.29, 0.717) is 12.2 Å². The van der Waals surface area contributed by atoms with E-state index in [2.05, 4.69) is 15.7 Å². The highest BCUT2D eigenvalue weighted by Gasteiger charge is 2.17. The average molecular weight is 291 g/mol. The van der Waals surface area contributed by atoms with Gasteiger partial charge in [-0.25, -0.2) is 4.79 Å². The maximum atomic E-state index is 11.9. The molecule has 0 saturated heterocycles. The van der Waals surface area contributed by atoms with Crippen LogP contribution in [0.25, 0.3) is 0 Å². The molecule has 2 rings (SSSR count). The van der Waals surface area contributed by atoms with E-state index in [4.69, 9.17) is 4.42 Å². The van der Waals surface area contributed by atoms with Crippen LogP contribution in [0, 0.1) is 0 Å². The Labute approximate surface area is 123 Å². The number of aryl methyl sites for hydroxylation is 1. The molecule has 0 bridgehead atoms. The molecule has 2 aromatic heterocycles. The van der Waals surface area contributed by atoms with Crippen molar-refractivity contribution in [3.05, 3.63) is 36.5 Å². The van der Waals surface area contributed by atoms with Gasteiger partial charge < -0.3 is 15.1 Å². The van der Waals surface area contributed by atoms with Crippen LogP contribution in [-0.2, 0) is 6.54 Å². The molecule has 2 N–H and O–H groups in total.